The van der Waals surface area contributed by atoms with Crippen LogP contribution in [0.25, 0.3) is 0 Å². The fourth-order valence-corrected chi connectivity index (χ4v) is 1.86. The zero-order valence-corrected chi connectivity index (χ0v) is 10.1. The van der Waals surface area contributed by atoms with Gasteiger partial charge >= 0.3 is 5.97 Å². The molecule has 92 valence electrons. The van der Waals surface area contributed by atoms with Crippen LogP contribution in [0.15, 0.2) is 0 Å². The molecule has 1 aliphatic rings. The van der Waals surface area contributed by atoms with Gasteiger partial charge in [0.25, 0.3) is 0 Å². The maximum absolute atomic E-state index is 10.9. The van der Waals surface area contributed by atoms with Crippen molar-refractivity contribution in [2.24, 2.45) is 0 Å². The highest BCUT2D eigenvalue weighted by Crippen LogP contribution is 2.42. The lowest BCUT2D eigenvalue weighted by Gasteiger charge is -2.12. The summed E-state index contributed by atoms with van der Waals surface area (Å²) in [7, 11) is 1.52. The molecule has 1 heterocycles. The van der Waals surface area contributed by atoms with E-state index in [1.807, 2.05) is 6.92 Å². The Kier molecular flexibility index (Phi) is 3.26. The molecule has 0 atom stereocenters. The molecule has 0 aliphatic heterocycles. The monoisotopic (exact) mass is 236 g/mol. The zero-order valence-electron chi connectivity index (χ0n) is 10.1. The first-order chi connectivity index (χ1) is 8.15. The van der Waals surface area contributed by atoms with Crippen LogP contribution in [0.2, 0.25) is 0 Å². The van der Waals surface area contributed by atoms with E-state index in [1.54, 1.807) is 0 Å². The second-order valence-electron chi connectivity index (χ2n) is 4.21. The summed E-state index contributed by atoms with van der Waals surface area (Å²) in [5, 5.41) is 8.93. The van der Waals surface area contributed by atoms with Crippen LogP contribution in [0, 0.1) is 0 Å². The number of rotatable bonds is 5. The molecule has 0 unspecified atom stereocenters. The van der Waals surface area contributed by atoms with Crippen molar-refractivity contribution in [3.63, 3.8) is 0 Å². The smallest absolute Gasteiger partial charge is 0.308 e. The fraction of sp³-hybridized carbons (Fsp3) is 0.583. The minimum absolute atomic E-state index is 0.0704. The van der Waals surface area contributed by atoms with Crippen LogP contribution >= 0.6 is 0 Å². The number of aryl methyl sites for hydroxylation is 1. The molecular formula is C12H16N2O3. The first-order valence-corrected chi connectivity index (χ1v) is 5.81. The van der Waals surface area contributed by atoms with Crippen molar-refractivity contribution in [3.05, 3.63) is 17.1 Å². The summed E-state index contributed by atoms with van der Waals surface area (Å²) in [6, 6.07) is 0. The number of hydrogen-bond donors (Lipinski definition) is 1. The van der Waals surface area contributed by atoms with Gasteiger partial charge in [0.05, 0.1) is 19.2 Å². The van der Waals surface area contributed by atoms with E-state index < -0.39 is 5.97 Å². The summed E-state index contributed by atoms with van der Waals surface area (Å²) in [5.41, 5.74) is 1.51. The highest BCUT2D eigenvalue weighted by atomic mass is 16.5. The van der Waals surface area contributed by atoms with Gasteiger partial charge in [-0.05, 0) is 12.8 Å². The predicted molar refractivity (Wildman–Crippen MR) is 61.3 cm³/mol. The number of aliphatic carboxylic acids is 1. The van der Waals surface area contributed by atoms with Gasteiger partial charge in [-0.3, -0.25) is 4.79 Å². The minimum Gasteiger partial charge on any atom is -0.481 e. The number of carboxylic acid groups (broad SMARTS) is 1. The molecule has 0 amide bonds. The standard InChI is InChI=1S/C12H16N2O3/c1-3-9-13-11(7-4-5-7)8(6-10(15)16)12(14-9)17-2/h7H,3-6H2,1-2H3,(H,15,16). The maximum Gasteiger partial charge on any atom is 0.308 e. The lowest BCUT2D eigenvalue weighted by Crippen LogP contribution is -2.11. The van der Waals surface area contributed by atoms with Gasteiger partial charge in [0.2, 0.25) is 5.88 Å². The van der Waals surface area contributed by atoms with E-state index in [1.165, 1.54) is 7.11 Å². The Labute approximate surface area is 99.9 Å². The summed E-state index contributed by atoms with van der Waals surface area (Å²) in [6.07, 6.45) is 2.81. The molecule has 1 aliphatic carbocycles. The summed E-state index contributed by atoms with van der Waals surface area (Å²) in [5.74, 6) is 0.656. The van der Waals surface area contributed by atoms with Crippen molar-refractivity contribution < 1.29 is 14.6 Å². The Morgan fingerprint density at radius 1 is 1.47 bits per heavy atom. The Balaban J connectivity index is 2.47. The van der Waals surface area contributed by atoms with E-state index in [2.05, 4.69) is 9.97 Å². The molecule has 1 aromatic rings. The molecular weight excluding hydrogens is 220 g/mol. The second kappa shape index (κ2) is 4.69. The van der Waals surface area contributed by atoms with Crippen LogP contribution in [0.4, 0.5) is 0 Å². The number of carboxylic acids is 1. The molecule has 17 heavy (non-hydrogen) atoms. The molecule has 1 fully saturated rings. The van der Waals surface area contributed by atoms with Gasteiger partial charge in [-0.2, -0.15) is 4.98 Å². The Bertz CT molecular complexity index is 442. The van der Waals surface area contributed by atoms with Gasteiger partial charge in [-0.1, -0.05) is 6.92 Å². The number of hydrogen-bond acceptors (Lipinski definition) is 4. The Morgan fingerprint density at radius 3 is 2.65 bits per heavy atom. The predicted octanol–water partition coefficient (Wildman–Crippen LogP) is 1.55. The molecule has 5 heteroatoms. The van der Waals surface area contributed by atoms with Crippen LogP contribution in [-0.2, 0) is 17.6 Å². The first-order valence-electron chi connectivity index (χ1n) is 5.81. The van der Waals surface area contributed by atoms with Gasteiger partial charge in [-0.25, -0.2) is 4.98 Å². The van der Waals surface area contributed by atoms with Gasteiger partial charge in [0.1, 0.15) is 5.82 Å². The van der Waals surface area contributed by atoms with E-state index in [0.29, 0.717) is 17.4 Å². The fourth-order valence-electron chi connectivity index (χ4n) is 1.86. The molecule has 1 saturated carbocycles. The van der Waals surface area contributed by atoms with Crippen molar-refractivity contribution in [2.75, 3.05) is 7.11 Å². The molecule has 1 N–H and O–H groups in total. The zero-order chi connectivity index (χ0) is 12.4. The Morgan fingerprint density at radius 2 is 2.18 bits per heavy atom. The number of aromatic nitrogens is 2. The highest BCUT2D eigenvalue weighted by molar-refractivity contribution is 5.71. The van der Waals surface area contributed by atoms with Crippen LogP contribution in [-0.4, -0.2) is 28.2 Å². The quantitative estimate of drug-likeness (QED) is 0.839. The molecule has 5 nitrogen and oxygen atoms in total. The second-order valence-corrected chi connectivity index (χ2v) is 4.21. The van der Waals surface area contributed by atoms with Crippen LogP contribution in [0.3, 0.4) is 0 Å². The van der Waals surface area contributed by atoms with Gasteiger partial charge in [0.15, 0.2) is 0 Å². The van der Waals surface area contributed by atoms with Crippen molar-refractivity contribution in [3.8, 4) is 5.88 Å². The van der Waals surface area contributed by atoms with Crippen molar-refractivity contribution in [1.82, 2.24) is 9.97 Å². The normalized spacial score (nSPS) is 14.7. The molecule has 0 spiro atoms. The van der Waals surface area contributed by atoms with E-state index in [0.717, 1.165) is 30.8 Å². The van der Waals surface area contributed by atoms with E-state index in [-0.39, 0.29) is 6.42 Å². The molecule has 0 bridgehead atoms. The number of carbonyl (C=O) groups is 1. The molecule has 2 rings (SSSR count). The molecule has 1 aromatic heterocycles. The van der Waals surface area contributed by atoms with Crippen molar-refractivity contribution in [2.45, 2.75) is 38.5 Å². The third-order valence-corrected chi connectivity index (χ3v) is 2.85. The van der Waals surface area contributed by atoms with Crippen LogP contribution in [0.1, 0.15) is 42.8 Å². The van der Waals surface area contributed by atoms with Crippen LogP contribution < -0.4 is 4.74 Å². The summed E-state index contributed by atoms with van der Waals surface area (Å²) in [6.45, 7) is 1.97. The van der Waals surface area contributed by atoms with Gasteiger partial charge in [-0.15, -0.1) is 0 Å². The average Bonchev–Trinajstić information content (AvgIpc) is 3.12. The Hall–Kier alpha value is -1.65. The summed E-state index contributed by atoms with van der Waals surface area (Å²) < 4.78 is 5.19. The van der Waals surface area contributed by atoms with E-state index >= 15 is 0 Å². The lowest BCUT2D eigenvalue weighted by atomic mass is 10.1. The molecule has 0 radical (unpaired) electrons. The van der Waals surface area contributed by atoms with Crippen molar-refractivity contribution in [1.29, 1.82) is 0 Å². The molecule has 0 aromatic carbocycles. The van der Waals surface area contributed by atoms with Crippen molar-refractivity contribution >= 4 is 5.97 Å². The van der Waals surface area contributed by atoms with Gasteiger partial charge in [0, 0.05) is 17.9 Å². The topological polar surface area (TPSA) is 72.3 Å². The third-order valence-electron chi connectivity index (χ3n) is 2.85. The van der Waals surface area contributed by atoms with E-state index in [4.69, 9.17) is 9.84 Å². The lowest BCUT2D eigenvalue weighted by molar-refractivity contribution is -0.136. The highest BCUT2D eigenvalue weighted by Gasteiger charge is 2.31. The maximum atomic E-state index is 10.9. The summed E-state index contributed by atoms with van der Waals surface area (Å²) in [4.78, 5) is 19.6. The summed E-state index contributed by atoms with van der Waals surface area (Å²) >= 11 is 0. The van der Waals surface area contributed by atoms with E-state index in [9.17, 15) is 4.79 Å². The first kappa shape index (κ1) is 11.8. The molecule has 0 saturated heterocycles. The number of ether oxygens (including phenoxy) is 1. The number of methoxy groups -OCH3 is 1. The average molecular weight is 236 g/mol. The third kappa shape index (κ3) is 2.54. The number of nitrogens with zero attached hydrogens (tertiary/aromatic N) is 2. The minimum atomic E-state index is -0.877. The van der Waals surface area contributed by atoms with Crippen LogP contribution in [0.5, 0.6) is 5.88 Å². The SMILES string of the molecule is CCc1nc(OC)c(CC(=O)O)c(C2CC2)n1. The largest absolute Gasteiger partial charge is 0.481 e. The van der Waals surface area contributed by atoms with Gasteiger partial charge < -0.3 is 9.84 Å².